The number of nitrogens with one attached hydrogen (secondary N) is 1. The number of carbonyl (C=O) groups is 1. The predicted octanol–water partition coefficient (Wildman–Crippen LogP) is 4.37. The molecule has 0 bridgehead atoms. The molecule has 0 atom stereocenters. The summed E-state index contributed by atoms with van der Waals surface area (Å²) in [7, 11) is 0. The van der Waals surface area contributed by atoms with E-state index in [1.165, 1.54) is 0 Å². The zero-order valence-electron chi connectivity index (χ0n) is 10.9. The van der Waals surface area contributed by atoms with Gasteiger partial charge in [0.05, 0.1) is 17.6 Å². The molecule has 1 fully saturated rings. The summed E-state index contributed by atoms with van der Waals surface area (Å²) in [5, 5.41) is 3.27. The van der Waals surface area contributed by atoms with Crippen LogP contribution in [0.15, 0.2) is 43.9 Å². The number of rotatable bonds is 4. The fourth-order valence-electron chi connectivity index (χ4n) is 2.08. The highest BCUT2D eigenvalue weighted by Gasteiger charge is 2.23. The zero-order chi connectivity index (χ0) is 14.8. The number of amides is 1. The fourth-order valence-corrected chi connectivity index (χ4v) is 2.74. The number of nitrogens with zero attached hydrogens (tertiary/aromatic N) is 1. The first-order valence-corrected chi connectivity index (χ1v) is 7.94. The topological polar surface area (TPSA) is 54.7 Å². The molecule has 1 aliphatic heterocycles. The molecule has 1 amide bonds. The van der Waals surface area contributed by atoms with Gasteiger partial charge in [0, 0.05) is 11.4 Å². The summed E-state index contributed by atoms with van der Waals surface area (Å²) in [6, 6.07) is 9.55. The monoisotopic (exact) mass is 414 g/mol. The van der Waals surface area contributed by atoms with E-state index in [4.69, 9.17) is 9.15 Å². The van der Waals surface area contributed by atoms with Crippen molar-refractivity contribution in [3.05, 3.63) is 45.2 Å². The largest absolute Gasteiger partial charge is 0.451 e. The van der Waals surface area contributed by atoms with E-state index in [-0.39, 0.29) is 6.09 Å². The van der Waals surface area contributed by atoms with E-state index in [0.717, 1.165) is 21.6 Å². The lowest BCUT2D eigenvalue weighted by molar-refractivity contribution is 0.181. The average molecular weight is 416 g/mol. The van der Waals surface area contributed by atoms with E-state index in [9.17, 15) is 4.79 Å². The number of ether oxygens (including phenoxy) is 1. The van der Waals surface area contributed by atoms with Crippen LogP contribution in [0.4, 0.5) is 16.2 Å². The van der Waals surface area contributed by atoms with Gasteiger partial charge in [-0.1, -0.05) is 6.07 Å². The van der Waals surface area contributed by atoms with Gasteiger partial charge in [-0.3, -0.25) is 4.90 Å². The maximum atomic E-state index is 11.6. The number of halogens is 2. The lowest BCUT2D eigenvalue weighted by atomic mass is 10.2. The number of furan rings is 1. The first-order chi connectivity index (χ1) is 10.1. The number of cyclic esters (lactones) is 1. The predicted molar refractivity (Wildman–Crippen MR) is 86.6 cm³/mol. The molecule has 0 saturated carbocycles. The van der Waals surface area contributed by atoms with Crippen LogP contribution in [0.5, 0.6) is 0 Å². The number of anilines is 2. The molecular weight excluding hydrogens is 404 g/mol. The minimum Gasteiger partial charge on any atom is -0.451 e. The lowest BCUT2D eigenvalue weighted by Gasteiger charge is -2.14. The van der Waals surface area contributed by atoms with Crippen molar-refractivity contribution in [1.82, 2.24) is 0 Å². The molecule has 1 aliphatic rings. The smallest absolute Gasteiger partial charge is 0.414 e. The summed E-state index contributed by atoms with van der Waals surface area (Å²) in [5.41, 5.74) is 1.74. The summed E-state index contributed by atoms with van der Waals surface area (Å²) < 4.78 is 12.0. The molecule has 1 N–H and O–H groups in total. The normalized spacial score (nSPS) is 14.4. The van der Waals surface area contributed by atoms with Crippen LogP contribution in [0.3, 0.4) is 0 Å². The minimum atomic E-state index is -0.300. The van der Waals surface area contributed by atoms with Crippen LogP contribution in [0.2, 0.25) is 0 Å². The molecule has 110 valence electrons. The van der Waals surface area contributed by atoms with E-state index in [2.05, 4.69) is 37.2 Å². The van der Waals surface area contributed by atoms with E-state index in [1.54, 1.807) is 4.90 Å². The Morgan fingerprint density at radius 1 is 1.29 bits per heavy atom. The molecule has 3 rings (SSSR count). The number of benzene rings is 1. The van der Waals surface area contributed by atoms with Crippen LogP contribution in [0.1, 0.15) is 5.76 Å². The molecular formula is C14H12Br2N2O3. The summed E-state index contributed by atoms with van der Waals surface area (Å²) in [5.74, 6) is 0.805. The second-order valence-corrected chi connectivity index (χ2v) is 6.08. The quantitative estimate of drug-likeness (QED) is 0.805. The Bertz CT molecular complexity index is 652. The summed E-state index contributed by atoms with van der Waals surface area (Å²) in [4.78, 5) is 13.2. The van der Waals surface area contributed by atoms with Gasteiger partial charge in [-0.2, -0.15) is 0 Å². The Morgan fingerprint density at radius 3 is 2.81 bits per heavy atom. The van der Waals surface area contributed by atoms with Crippen LogP contribution in [0.25, 0.3) is 0 Å². The van der Waals surface area contributed by atoms with Gasteiger partial charge in [0.25, 0.3) is 0 Å². The third-order valence-corrected chi connectivity index (χ3v) is 4.79. The maximum absolute atomic E-state index is 11.6. The minimum absolute atomic E-state index is 0.300. The molecule has 0 aliphatic carbocycles. The third-order valence-electron chi connectivity index (χ3n) is 3.08. The Hall–Kier alpha value is -1.47. The Balaban J connectivity index is 1.70. The van der Waals surface area contributed by atoms with Gasteiger partial charge in [0.1, 0.15) is 12.4 Å². The highest BCUT2D eigenvalue weighted by atomic mass is 79.9. The molecule has 1 aromatic heterocycles. The van der Waals surface area contributed by atoms with E-state index >= 15 is 0 Å². The molecule has 1 saturated heterocycles. The van der Waals surface area contributed by atoms with Crippen molar-refractivity contribution in [3.63, 3.8) is 0 Å². The summed E-state index contributed by atoms with van der Waals surface area (Å²) >= 11 is 6.68. The van der Waals surface area contributed by atoms with E-state index in [1.807, 2.05) is 30.3 Å². The molecule has 2 aromatic rings. The molecule has 0 radical (unpaired) electrons. The highest BCUT2D eigenvalue weighted by molar-refractivity contribution is 9.13. The van der Waals surface area contributed by atoms with Crippen LogP contribution in [0, 0.1) is 0 Å². The van der Waals surface area contributed by atoms with Crippen LogP contribution >= 0.6 is 31.9 Å². The zero-order valence-corrected chi connectivity index (χ0v) is 14.1. The van der Waals surface area contributed by atoms with Crippen molar-refractivity contribution in [3.8, 4) is 0 Å². The van der Waals surface area contributed by atoms with Gasteiger partial charge in [-0.25, -0.2) is 4.79 Å². The third kappa shape index (κ3) is 3.24. The Labute approximate surface area is 138 Å². The van der Waals surface area contributed by atoms with Crippen molar-refractivity contribution < 1.29 is 13.9 Å². The molecule has 21 heavy (non-hydrogen) atoms. The number of carbonyl (C=O) groups excluding carboxylic acids is 1. The standard InChI is InChI=1S/C14H12Br2N2O3/c15-12-7-11(21-13(12)16)8-17-9-2-1-3-10(6-9)18-4-5-20-14(18)19/h1-3,6-7,17H,4-5,8H2. The summed E-state index contributed by atoms with van der Waals surface area (Å²) in [6.07, 6.45) is -0.300. The number of hydrogen-bond acceptors (Lipinski definition) is 4. The molecule has 5 nitrogen and oxygen atoms in total. The van der Waals surface area contributed by atoms with E-state index < -0.39 is 0 Å². The van der Waals surface area contributed by atoms with Crippen LogP contribution in [-0.2, 0) is 11.3 Å². The summed E-state index contributed by atoms with van der Waals surface area (Å²) in [6.45, 7) is 1.57. The van der Waals surface area contributed by atoms with Crippen molar-refractivity contribution in [2.45, 2.75) is 6.54 Å². The Morgan fingerprint density at radius 2 is 2.14 bits per heavy atom. The van der Waals surface area contributed by atoms with Crippen molar-refractivity contribution in [2.24, 2.45) is 0 Å². The SMILES string of the molecule is O=C1OCCN1c1cccc(NCc2cc(Br)c(Br)o2)c1. The van der Waals surface area contributed by atoms with Crippen molar-refractivity contribution >= 4 is 49.3 Å². The van der Waals surface area contributed by atoms with Gasteiger partial charge in [-0.05, 0) is 56.1 Å². The van der Waals surface area contributed by atoms with Crippen molar-refractivity contribution in [2.75, 3.05) is 23.4 Å². The highest BCUT2D eigenvalue weighted by Crippen LogP contribution is 2.28. The van der Waals surface area contributed by atoms with Crippen LogP contribution < -0.4 is 10.2 Å². The van der Waals surface area contributed by atoms with Gasteiger partial charge in [0.2, 0.25) is 0 Å². The molecule has 2 heterocycles. The first-order valence-electron chi connectivity index (χ1n) is 6.35. The van der Waals surface area contributed by atoms with Gasteiger partial charge >= 0.3 is 6.09 Å². The molecule has 0 unspecified atom stereocenters. The van der Waals surface area contributed by atoms with Gasteiger partial charge < -0.3 is 14.5 Å². The molecule has 0 spiro atoms. The first kappa shape index (κ1) is 14.5. The van der Waals surface area contributed by atoms with Crippen LogP contribution in [-0.4, -0.2) is 19.2 Å². The fraction of sp³-hybridized carbons (Fsp3) is 0.214. The second kappa shape index (κ2) is 6.11. The maximum Gasteiger partial charge on any atom is 0.414 e. The molecule has 7 heteroatoms. The second-order valence-electron chi connectivity index (χ2n) is 4.50. The van der Waals surface area contributed by atoms with E-state index in [0.29, 0.717) is 24.4 Å². The van der Waals surface area contributed by atoms with Gasteiger partial charge in [0.15, 0.2) is 4.67 Å². The van der Waals surface area contributed by atoms with Crippen molar-refractivity contribution in [1.29, 1.82) is 0 Å². The Kier molecular flexibility index (Phi) is 4.21. The average Bonchev–Trinajstić information content (AvgIpc) is 3.03. The number of hydrogen-bond donors (Lipinski definition) is 1. The van der Waals surface area contributed by atoms with Gasteiger partial charge in [-0.15, -0.1) is 0 Å². The molecule has 1 aromatic carbocycles. The lowest BCUT2D eigenvalue weighted by Crippen LogP contribution is -2.23.